The standard InChI is InChI=1S/C39H24N4O/c1-2-11-25(12-3-1)26-13-10-14-27(23-26)37-40-38(28-21-22-32-31-17-6-9-20-35(31)44-36(32)24-28)42-39(41-37)43-33-18-7-4-15-29(33)30-16-5-8-19-34(30)43/h1-24H/i18D,19D. The SMILES string of the molecule is [2H]c1cccc2c3cccc([2H])c3n(-c3nc(-c4cccc(-c5ccccc5)c4)nc(-c4ccc5c(c4)oc4ccccc45)n3)c12. The van der Waals surface area contributed by atoms with E-state index in [4.69, 9.17) is 22.1 Å². The number of hydrogen-bond acceptors (Lipinski definition) is 4. The summed E-state index contributed by atoms with van der Waals surface area (Å²) in [6.45, 7) is 0. The Morgan fingerprint density at radius 3 is 1.82 bits per heavy atom. The van der Waals surface area contributed by atoms with Gasteiger partial charge in [0.1, 0.15) is 11.2 Å². The first-order valence-electron chi connectivity index (χ1n) is 15.5. The first-order chi connectivity index (χ1) is 22.6. The molecule has 0 saturated carbocycles. The lowest BCUT2D eigenvalue weighted by molar-refractivity contribution is 0.669. The van der Waals surface area contributed by atoms with Crippen molar-refractivity contribution in [1.82, 2.24) is 19.5 Å². The maximum absolute atomic E-state index is 8.89. The van der Waals surface area contributed by atoms with Gasteiger partial charge in [-0.15, -0.1) is 0 Å². The van der Waals surface area contributed by atoms with E-state index in [0.717, 1.165) is 55.0 Å². The van der Waals surface area contributed by atoms with Crippen LogP contribution in [0.5, 0.6) is 0 Å². The van der Waals surface area contributed by atoms with Crippen LogP contribution in [0.1, 0.15) is 2.74 Å². The highest BCUT2D eigenvalue weighted by molar-refractivity contribution is 6.09. The normalized spacial score (nSPS) is 12.3. The molecule has 0 aliphatic rings. The van der Waals surface area contributed by atoms with E-state index in [2.05, 4.69) is 30.3 Å². The lowest BCUT2D eigenvalue weighted by Crippen LogP contribution is -2.06. The first kappa shape index (κ1) is 22.5. The molecule has 0 amide bonds. The number of fused-ring (bicyclic) bond motifs is 6. The molecular formula is C39H24N4O. The molecule has 0 saturated heterocycles. The number of aromatic nitrogens is 4. The number of para-hydroxylation sites is 3. The molecule has 0 aliphatic heterocycles. The predicted molar refractivity (Wildman–Crippen MR) is 178 cm³/mol. The average molecular weight is 567 g/mol. The largest absolute Gasteiger partial charge is 0.456 e. The number of hydrogen-bond donors (Lipinski definition) is 0. The van der Waals surface area contributed by atoms with Gasteiger partial charge in [-0.3, -0.25) is 4.57 Å². The predicted octanol–water partition coefficient (Wildman–Crippen LogP) is 9.87. The van der Waals surface area contributed by atoms with Crippen LogP contribution >= 0.6 is 0 Å². The fraction of sp³-hybridized carbons (Fsp3) is 0. The van der Waals surface area contributed by atoms with E-state index in [0.29, 0.717) is 40.7 Å². The fourth-order valence-corrected chi connectivity index (χ4v) is 6.03. The third kappa shape index (κ3) is 3.91. The molecule has 0 fully saturated rings. The minimum absolute atomic E-state index is 0.325. The fourth-order valence-electron chi connectivity index (χ4n) is 6.03. The van der Waals surface area contributed by atoms with Gasteiger partial charge in [-0.25, -0.2) is 4.98 Å². The smallest absolute Gasteiger partial charge is 0.238 e. The molecule has 6 aromatic carbocycles. The molecule has 0 radical (unpaired) electrons. The Bertz CT molecular complexity index is 2570. The molecule has 0 N–H and O–H groups in total. The zero-order valence-corrected chi connectivity index (χ0v) is 23.4. The minimum Gasteiger partial charge on any atom is -0.456 e. The van der Waals surface area contributed by atoms with Crippen LogP contribution in [0, 0.1) is 0 Å². The number of rotatable bonds is 4. The summed E-state index contributed by atoms with van der Waals surface area (Å²) in [6.07, 6.45) is 0. The Hall–Kier alpha value is -6.07. The first-order valence-corrected chi connectivity index (χ1v) is 14.5. The van der Waals surface area contributed by atoms with Crippen molar-refractivity contribution < 1.29 is 7.16 Å². The highest BCUT2D eigenvalue weighted by Gasteiger charge is 2.18. The second-order valence-electron chi connectivity index (χ2n) is 10.7. The molecule has 0 unspecified atom stereocenters. The van der Waals surface area contributed by atoms with Crippen molar-refractivity contribution in [2.24, 2.45) is 0 Å². The summed E-state index contributed by atoms with van der Waals surface area (Å²) in [6, 6.07) is 44.2. The quantitative estimate of drug-likeness (QED) is 0.213. The van der Waals surface area contributed by atoms with Gasteiger partial charge in [0.25, 0.3) is 0 Å². The highest BCUT2D eigenvalue weighted by Crippen LogP contribution is 2.35. The van der Waals surface area contributed by atoms with Gasteiger partial charge in [-0.1, -0.05) is 109 Å². The Kier molecular flexibility index (Phi) is 4.99. The summed E-state index contributed by atoms with van der Waals surface area (Å²) in [5, 5.41) is 3.81. The Morgan fingerprint density at radius 1 is 0.455 bits per heavy atom. The van der Waals surface area contributed by atoms with Crippen molar-refractivity contribution >= 4 is 43.7 Å². The number of furan rings is 1. The summed E-state index contributed by atoms with van der Waals surface area (Å²) >= 11 is 0. The summed E-state index contributed by atoms with van der Waals surface area (Å²) in [5.41, 5.74) is 6.59. The van der Waals surface area contributed by atoms with Crippen LogP contribution in [0.2, 0.25) is 0 Å². The molecule has 3 heterocycles. The van der Waals surface area contributed by atoms with E-state index in [1.165, 1.54) is 0 Å². The van der Waals surface area contributed by atoms with Gasteiger partial charge in [0.05, 0.1) is 13.8 Å². The third-order valence-corrected chi connectivity index (χ3v) is 8.09. The topological polar surface area (TPSA) is 56.7 Å². The Labute approximate surface area is 255 Å². The second-order valence-corrected chi connectivity index (χ2v) is 10.7. The molecule has 44 heavy (non-hydrogen) atoms. The van der Waals surface area contributed by atoms with E-state index in [1.807, 2.05) is 95.6 Å². The zero-order chi connectivity index (χ0) is 30.8. The van der Waals surface area contributed by atoms with Crippen LogP contribution in [0.15, 0.2) is 150 Å². The Balaban J connectivity index is 1.33. The van der Waals surface area contributed by atoms with Crippen LogP contribution in [-0.2, 0) is 0 Å². The van der Waals surface area contributed by atoms with Crippen molar-refractivity contribution in [3.05, 3.63) is 146 Å². The van der Waals surface area contributed by atoms with E-state index >= 15 is 0 Å². The summed E-state index contributed by atoms with van der Waals surface area (Å²) in [4.78, 5) is 15.1. The second kappa shape index (κ2) is 9.75. The number of nitrogens with zero attached hydrogens (tertiary/aromatic N) is 4. The summed E-state index contributed by atoms with van der Waals surface area (Å²) in [5.74, 6) is 1.30. The van der Waals surface area contributed by atoms with Crippen LogP contribution < -0.4 is 0 Å². The molecule has 0 atom stereocenters. The van der Waals surface area contributed by atoms with Crippen LogP contribution in [-0.4, -0.2) is 19.5 Å². The molecule has 0 aliphatic carbocycles. The van der Waals surface area contributed by atoms with Crippen molar-refractivity contribution in [3.8, 4) is 39.9 Å². The lowest BCUT2D eigenvalue weighted by Gasteiger charge is -2.11. The minimum atomic E-state index is 0.325. The molecule has 5 heteroatoms. The molecule has 9 aromatic rings. The molecule has 5 nitrogen and oxygen atoms in total. The van der Waals surface area contributed by atoms with Crippen LogP contribution in [0.3, 0.4) is 0 Å². The van der Waals surface area contributed by atoms with Crippen molar-refractivity contribution in [1.29, 1.82) is 0 Å². The summed E-state index contributed by atoms with van der Waals surface area (Å²) < 4.78 is 25.8. The van der Waals surface area contributed by atoms with Crippen LogP contribution in [0.25, 0.3) is 83.6 Å². The monoisotopic (exact) mass is 566 g/mol. The molecule has 0 bridgehead atoms. The number of benzene rings is 6. The zero-order valence-electron chi connectivity index (χ0n) is 25.4. The van der Waals surface area contributed by atoms with Crippen LogP contribution in [0.4, 0.5) is 0 Å². The maximum Gasteiger partial charge on any atom is 0.238 e. The van der Waals surface area contributed by atoms with Crippen molar-refractivity contribution in [3.63, 3.8) is 0 Å². The lowest BCUT2D eigenvalue weighted by atomic mass is 10.0. The highest BCUT2D eigenvalue weighted by atomic mass is 16.3. The van der Waals surface area contributed by atoms with Crippen molar-refractivity contribution in [2.75, 3.05) is 0 Å². The van der Waals surface area contributed by atoms with E-state index in [-0.39, 0.29) is 0 Å². The van der Waals surface area contributed by atoms with E-state index < -0.39 is 0 Å². The van der Waals surface area contributed by atoms with Gasteiger partial charge in [0, 0.05) is 32.7 Å². The molecular weight excluding hydrogens is 540 g/mol. The van der Waals surface area contributed by atoms with Gasteiger partial charge in [-0.05, 0) is 47.5 Å². The van der Waals surface area contributed by atoms with Gasteiger partial charge < -0.3 is 4.42 Å². The molecule has 3 aromatic heterocycles. The van der Waals surface area contributed by atoms with Gasteiger partial charge >= 0.3 is 0 Å². The summed E-state index contributed by atoms with van der Waals surface area (Å²) in [7, 11) is 0. The third-order valence-electron chi connectivity index (χ3n) is 8.09. The van der Waals surface area contributed by atoms with Crippen molar-refractivity contribution in [2.45, 2.75) is 0 Å². The Morgan fingerprint density at radius 2 is 1.05 bits per heavy atom. The molecule has 9 rings (SSSR count). The van der Waals surface area contributed by atoms with E-state index in [9.17, 15) is 0 Å². The van der Waals surface area contributed by atoms with Gasteiger partial charge in [-0.2, -0.15) is 9.97 Å². The van der Waals surface area contributed by atoms with Gasteiger partial charge in [0.15, 0.2) is 11.6 Å². The van der Waals surface area contributed by atoms with E-state index in [1.54, 1.807) is 12.1 Å². The average Bonchev–Trinajstić information content (AvgIpc) is 3.66. The maximum atomic E-state index is 8.89. The molecule has 0 spiro atoms. The van der Waals surface area contributed by atoms with Gasteiger partial charge in [0.2, 0.25) is 5.95 Å². The molecule has 206 valence electrons.